The first-order valence-electron chi connectivity index (χ1n) is 9.75. The van der Waals surface area contributed by atoms with Gasteiger partial charge in [-0.25, -0.2) is 4.99 Å². The molecule has 0 unspecified atom stereocenters. The van der Waals surface area contributed by atoms with E-state index in [1.54, 1.807) is 0 Å². The van der Waals surface area contributed by atoms with Crippen LogP contribution >= 0.6 is 0 Å². The first-order valence-corrected chi connectivity index (χ1v) is 9.75. The number of rotatable bonds is 5. The zero-order valence-electron chi connectivity index (χ0n) is 15.4. The van der Waals surface area contributed by atoms with Gasteiger partial charge in [0.05, 0.1) is 6.54 Å². The fraction of sp³-hybridized carbons (Fsp3) is 0.409. The molecule has 2 aromatic carbocycles. The van der Waals surface area contributed by atoms with Gasteiger partial charge in [-0.15, -0.1) is 0 Å². The number of fused-ring (bicyclic) bond motifs is 1. The Morgan fingerprint density at radius 1 is 0.962 bits per heavy atom. The molecule has 0 aromatic heterocycles. The first-order chi connectivity index (χ1) is 12.8. The fourth-order valence-corrected chi connectivity index (χ4v) is 4.04. The van der Waals surface area contributed by atoms with Crippen LogP contribution in [-0.2, 0) is 25.9 Å². The molecule has 0 bridgehead atoms. The lowest BCUT2D eigenvalue weighted by atomic mass is 10.1. The van der Waals surface area contributed by atoms with Crippen LogP contribution in [0, 0.1) is 0 Å². The molecular weight excluding hydrogens is 320 g/mol. The minimum Gasteiger partial charge on any atom is -0.370 e. The van der Waals surface area contributed by atoms with Gasteiger partial charge in [0.1, 0.15) is 0 Å². The zero-order valence-corrected chi connectivity index (χ0v) is 15.4. The Hall–Kier alpha value is -2.33. The van der Waals surface area contributed by atoms with Crippen LogP contribution in [0.2, 0.25) is 0 Å². The Labute approximate surface area is 156 Å². The Kier molecular flexibility index (Phi) is 5.21. The molecule has 136 valence electrons. The van der Waals surface area contributed by atoms with E-state index in [-0.39, 0.29) is 0 Å². The molecule has 0 radical (unpaired) electrons. The fourth-order valence-electron chi connectivity index (χ4n) is 4.04. The summed E-state index contributed by atoms with van der Waals surface area (Å²) in [6.07, 6.45) is 6.29. The number of nitrogens with zero attached hydrogens (tertiary/aromatic N) is 2. The van der Waals surface area contributed by atoms with Crippen molar-refractivity contribution in [3.05, 3.63) is 64.7 Å². The second kappa shape index (κ2) is 7.92. The maximum Gasteiger partial charge on any atom is 0.193 e. The molecule has 0 saturated carbocycles. The average molecular weight is 348 g/mol. The summed E-state index contributed by atoms with van der Waals surface area (Å²) in [5.74, 6) is 0.480. The lowest BCUT2D eigenvalue weighted by Gasteiger charge is -2.15. The van der Waals surface area contributed by atoms with Gasteiger partial charge in [-0.3, -0.25) is 4.90 Å². The molecule has 4 rings (SSSR count). The molecule has 2 aromatic rings. The highest BCUT2D eigenvalue weighted by Crippen LogP contribution is 2.24. The molecule has 26 heavy (non-hydrogen) atoms. The van der Waals surface area contributed by atoms with Crippen molar-refractivity contribution >= 4 is 11.6 Å². The van der Waals surface area contributed by atoms with E-state index in [4.69, 9.17) is 5.73 Å². The van der Waals surface area contributed by atoms with E-state index in [0.717, 1.165) is 12.2 Å². The number of likely N-dealkylation sites (tertiary alicyclic amines) is 1. The molecule has 4 heteroatoms. The summed E-state index contributed by atoms with van der Waals surface area (Å²) in [7, 11) is 0. The van der Waals surface area contributed by atoms with Gasteiger partial charge in [0.2, 0.25) is 0 Å². The van der Waals surface area contributed by atoms with Gasteiger partial charge in [-0.2, -0.15) is 0 Å². The highest BCUT2D eigenvalue weighted by Gasteiger charge is 2.12. The lowest BCUT2D eigenvalue weighted by Crippen LogP contribution is -2.22. The van der Waals surface area contributed by atoms with E-state index in [1.807, 2.05) is 0 Å². The van der Waals surface area contributed by atoms with E-state index in [2.05, 4.69) is 57.7 Å². The normalized spacial score (nSPS) is 17.5. The van der Waals surface area contributed by atoms with Crippen LogP contribution in [0.5, 0.6) is 0 Å². The molecule has 1 fully saturated rings. The van der Waals surface area contributed by atoms with Crippen molar-refractivity contribution in [3.8, 4) is 0 Å². The number of nitrogens with two attached hydrogens (primary N) is 1. The van der Waals surface area contributed by atoms with E-state index >= 15 is 0 Å². The molecule has 1 aliphatic heterocycles. The molecule has 1 saturated heterocycles. The van der Waals surface area contributed by atoms with Gasteiger partial charge in [0.25, 0.3) is 0 Å². The van der Waals surface area contributed by atoms with E-state index in [1.165, 1.54) is 67.4 Å². The Bertz CT molecular complexity index is 790. The largest absolute Gasteiger partial charge is 0.370 e. The highest BCUT2D eigenvalue weighted by molar-refractivity contribution is 5.92. The summed E-state index contributed by atoms with van der Waals surface area (Å²) in [5.41, 5.74) is 12.6. The van der Waals surface area contributed by atoms with Gasteiger partial charge >= 0.3 is 0 Å². The van der Waals surface area contributed by atoms with Crippen molar-refractivity contribution in [2.24, 2.45) is 10.7 Å². The van der Waals surface area contributed by atoms with E-state index in [9.17, 15) is 0 Å². The number of guanidine groups is 1. The van der Waals surface area contributed by atoms with Crippen LogP contribution < -0.4 is 11.1 Å². The van der Waals surface area contributed by atoms with E-state index < -0.39 is 0 Å². The van der Waals surface area contributed by atoms with Crippen molar-refractivity contribution < 1.29 is 0 Å². The third kappa shape index (κ3) is 4.25. The summed E-state index contributed by atoms with van der Waals surface area (Å²) in [6.45, 7) is 4.10. The highest BCUT2D eigenvalue weighted by atomic mass is 15.1. The second-order valence-electron chi connectivity index (χ2n) is 7.47. The number of aryl methyl sites for hydroxylation is 2. The maximum atomic E-state index is 6.10. The smallest absolute Gasteiger partial charge is 0.193 e. The minimum atomic E-state index is 0.480. The van der Waals surface area contributed by atoms with Crippen LogP contribution in [0.15, 0.2) is 47.5 Å². The lowest BCUT2D eigenvalue weighted by molar-refractivity contribution is 0.331. The number of anilines is 1. The van der Waals surface area contributed by atoms with Crippen molar-refractivity contribution in [2.75, 3.05) is 18.4 Å². The molecule has 3 N–H and O–H groups in total. The quantitative estimate of drug-likeness (QED) is 0.640. The summed E-state index contributed by atoms with van der Waals surface area (Å²) in [6, 6.07) is 15.2. The minimum absolute atomic E-state index is 0.480. The molecule has 1 heterocycles. The number of nitrogens with one attached hydrogen (secondary N) is 1. The third-order valence-corrected chi connectivity index (χ3v) is 5.40. The van der Waals surface area contributed by atoms with Crippen LogP contribution in [0.4, 0.5) is 5.69 Å². The van der Waals surface area contributed by atoms with Crippen LogP contribution in [0.3, 0.4) is 0 Å². The summed E-state index contributed by atoms with van der Waals surface area (Å²) < 4.78 is 0. The van der Waals surface area contributed by atoms with Crippen LogP contribution in [0.1, 0.15) is 41.5 Å². The van der Waals surface area contributed by atoms with E-state index in [0.29, 0.717) is 12.5 Å². The van der Waals surface area contributed by atoms with Crippen molar-refractivity contribution in [1.82, 2.24) is 4.90 Å². The Morgan fingerprint density at radius 2 is 1.77 bits per heavy atom. The average Bonchev–Trinajstić information content (AvgIpc) is 3.31. The molecule has 0 atom stereocenters. The second-order valence-corrected chi connectivity index (χ2v) is 7.47. The van der Waals surface area contributed by atoms with Gasteiger partial charge in [-0.1, -0.05) is 30.3 Å². The number of hydrogen-bond acceptors (Lipinski definition) is 2. The predicted molar refractivity (Wildman–Crippen MR) is 108 cm³/mol. The third-order valence-electron chi connectivity index (χ3n) is 5.40. The van der Waals surface area contributed by atoms with Gasteiger partial charge in [0.15, 0.2) is 5.96 Å². The molecule has 4 nitrogen and oxygen atoms in total. The Balaban J connectivity index is 1.36. The first kappa shape index (κ1) is 17.1. The molecule has 0 amide bonds. The standard InChI is InChI=1S/C22H28N4/c23-22(25-21-10-9-19-7-4-8-20(19)14-21)24-15-17-5-3-6-18(13-17)16-26-11-1-2-12-26/h3,5-6,9-10,13-14H,1-2,4,7-8,11-12,15-16H2,(H3,23,24,25). The molecule has 2 aliphatic rings. The summed E-state index contributed by atoms with van der Waals surface area (Å²) >= 11 is 0. The van der Waals surface area contributed by atoms with Gasteiger partial charge < -0.3 is 11.1 Å². The zero-order chi connectivity index (χ0) is 17.8. The van der Waals surface area contributed by atoms with Crippen molar-refractivity contribution in [1.29, 1.82) is 0 Å². The summed E-state index contributed by atoms with van der Waals surface area (Å²) in [4.78, 5) is 7.05. The van der Waals surface area contributed by atoms with Gasteiger partial charge in [0, 0.05) is 12.2 Å². The maximum absolute atomic E-state index is 6.10. The predicted octanol–water partition coefficient (Wildman–Crippen LogP) is 3.70. The molecular formula is C22H28N4. The van der Waals surface area contributed by atoms with Gasteiger partial charge in [-0.05, 0) is 79.6 Å². The van der Waals surface area contributed by atoms with Crippen LogP contribution in [-0.4, -0.2) is 23.9 Å². The molecule has 0 spiro atoms. The SMILES string of the molecule is NC(=NCc1cccc(CN2CCCC2)c1)Nc1ccc2c(c1)CCC2. The molecule has 1 aliphatic carbocycles. The number of aliphatic imine (C=N–C) groups is 1. The van der Waals surface area contributed by atoms with Crippen molar-refractivity contribution in [3.63, 3.8) is 0 Å². The Morgan fingerprint density at radius 3 is 2.65 bits per heavy atom. The van der Waals surface area contributed by atoms with Crippen LogP contribution in [0.25, 0.3) is 0 Å². The summed E-state index contributed by atoms with van der Waals surface area (Å²) in [5, 5.41) is 3.23. The number of benzene rings is 2. The number of hydrogen-bond donors (Lipinski definition) is 2. The van der Waals surface area contributed by atoms with Crippen molar-refractivity contribution in [2.45, 2.75) is 45.2 Å². The monoisotopic (exact) mass is 348 g/mol. The topological polar surface area (TPSA) is 53.6 Å².